The molecule has 17 heavy (non-hydrogen) atoms. The lowest BCUT2D eigenvalue weighted by Crippen LogP contribution is -2.37. The SMILES string of the molecule is O=C1Oc2ccc(cc2)C12C1=CC(F)=C2C=C1. The first kappa shape index (κ1) is 8.93. The van der Waals surface area contributed by atoms with Crippen LogP contribution in [0.3, 0.4) is 0 Å². The molecule has 1 aromatic rings. The molecule has 0 saturated heterocycles. The van der Waals surface area contributed by atoms with E-state index in [9.17, 15) is 9.18 Å². The van der Waals surface area contributed by atoms with Crippen molar-refractivity contribution in [1.82, 2.24) is 0 Å². The molecule has 82 valence electrons. The van der Waals surface area contributed by atoms with Crippen molar-refractivity contribution < 1.29 is 13.9 Å². The molecule has 0 radical (unpaired) electrons. The highest BCUT2D eigenvalue weighted by atomic mass is 19.1. The minimum absolute atomic E-state index is 0.343. The van der Waals surface area contributed by atoms with Crippen LogP contribution in [0.1, 0.15) is 5.56 Å². The molecular formula is C14H7FO2. The van der Waals surface area contributed by atoms with Gasteiger partial charge >= 0.3 is 5.97 Å². The smallest absolute Gasteiger partial charge is 0.331 e. The van der Waals surface area contributed by atoms with Crippen molar-refractivity contribution in [1.29, 1.82) is 0 Å². The summed E-state index contributed by atoms with van der Waals surface area (Å²) in [6.45, 7) is 0. The quantitative estimate of drug-likeness (QED) is 0.502. The Balaban J connectivity index is 2.09. The van der Waals surface area contributed by atoms with Gasteiger partial charge in [0.25, 0.3) is 0 Å². The highest BCUT2D eigenvalue weighted by molar-refractivity contribution is 5.99. The number of ether oxygens (including phenoxy) is 1. The number of esters is 1. The number of halogens is 1. The molecule has 2 nitrogen and oxygen atoms in total. The molecule has 1 unspecified atom stereocenters. The zero-order chi connectivity index (χ0) is 11.6. The van der Waals surface area contributed by atoms with Crippen molar-refractivity contribution >= 4 is 5.97 Å². The molecule has 2 heterocycles. The van der Waals surface area contributed by atoms with E-state index in [1.165, 1.54) is 6.08 Å². The molecule has 1 spiro atoms. The van der Waals surface area contributed by atoms with Crippen LogP contribution in [0.25, 0.3) is 0 Å². The second kappa shape index (κ2) is 2.56. The molecule has 2 aliphatic carbocycles. The summed E-state index contributed by atoms with van der Waals surface area (Å²) < 4.78 is 19.0. The minimum Gasteiger partial charge on any atom is -0.425 e. The van der Waals surface area contributed by atoms with Crippen molar-refractivity contribution in [3.63, 3.8) is 0 Å². The van der Waals surface area contributed by atoms with Gasteiger partial charge in [0.2, 0.25) is 0 Å². The van der Waals surface area contributed by atoms with Gasteiger partial charge in [-0.15, -0.1) is 0 Å². The summed E-state index contributed by atoms with van der Waals surface area (Å²) in [7, 11) is 0. The fourth-order valence-corrected chi connectivity index (χ4v) is 2.83. The Bertz CT molecular complexity index is 649. The normalized spacial score (nSPS) is 27.8. The molecule has 1 aromatic carbocycles. The van der Waals surface area contributed by atoms with Crippen molar-refractivity contribution in [2.75, 3.05) is 0 Å². The third kappa shape index (κ3) is 0.813. The van der Waals surface area contributed by atoms with Gasteiger partial charge in [-0.1, -0.05) is 24.3 Å². The highest BCUT2D eigenvalue weighted by Crippen LogP contribution is 2.53. The van der Waals surface area contributed by atoms with Gasteiger partial charge in [0.15, 0.2) is 0 Å². The van der Waals surface area contributed by atoms with Gasteiger partial charge in [0.1, 0.15) is 17.0 Å². The van der Waals surface area contributed by atoms with Crippen LogP contribution in [-0.2, 0) is 10.2 Å². The van der Waals surface area contributed by atoms with E-state index < -0.39 is 11.4 Å². The van der Waals surface area contributed by atoms with Gasteiger partial charge < -0.3 is 4.74 Å². The molecule has 1 atom stereocenters. The van der Waals surface area contributed by atoms with E-state index in [0.29, 0.717) is 16.9 Å². The topological polar surface area (TPSA) is 26.3 Å². The first-order valence-corrected chi connectivity index (χ1v) is 5.36. The summed E-state index contributed by atoms with van der Waals surface area (Å²) in [4.78, 5) is 12.3. The number of rotatable bonds is 0. The maximum Gasteiger partial charge on any atom is 0.331 e. The van der Waals surface area contributed by atoms with Crippen molar-refractivity contribution in [3.05, 3.63) is 65.0 Å². The van der Waals surface area contributed by atoms with E-state index in [0.717, 1.165) is 5.56 Å². The number of hydrogen-bond donors (Lipinski definition) is 0. The molecule has 0 aromatic heterocycles. The first-order valence-electron chi connectivity index (χ1n) is 5.36. The molecule has 3 heteroatoms. The Labute approximate surface area is 96.7 Å². The summed E-state index contributed by atoms with van der Waals surface area (Å²) >= 11 is 0. The number of carbonyl (C=O) groups excluding carboxylic acids is 1. The highest BCUT2D eigenvalue weighted by Gasteiger charge is 2.55. The number of allylic oxidation sites excluding steroid dienone is 4. The van der Waals surface area contributed by atoms with E-state index in [-0.39, 0.29) is 5.83 Å². The molecule has 5 rings (SSSR count). The summed E-state index contributed by atoms with van der Waals surface area (Å²) in [5.41, 5.74) is 0.755. The molecule has 0 fully saturated rings. The average Bonchev–Trinajstić information content (AvgIpc) is 2.72. The maximum atomic E-state index is 13.8. The average molecular weight is 226 g/mol. The van der Waals surface area contributed by atoms with E-state index in [4.69, 9.17) is 4.74 Å². The third-order valence-electron chi connectivity index (χ3n) is 3.61. The van der Waals surface area contributed by atoms with Gasteiger partial charge in [-0.2, -0.15) is 0 Å². The molecule has 4 aliphatic rings. The first-order chi connectivity index (χ1) is 8.23. The van der Waals surface area contributed by atoms with Crippen molar-refractivity contribution in [3.8, 4) is 5.75 Å². The van der Waals surface area contributed by atoms with Gasteiger partial charge in [0.05, 0.1) is 0 Å². The molecular weight excluding hydrogens is 219 g/mol. The van der Waals surface area contributed by atoms with Crippen LogP contribution < -0.4 is 4.74 Å². The van der Waals surface area contributed by atoms with Crippen LogP contribution in [0.4, 0.5) is 4.39 Å². The summed E-state index contributed by atoms with van der Waals surface area (Å²) in [6.07, 6.45) is 4.84. The van der Waals surface area contributed by atoms with Gasteiger partial charge in [0, 0.05) is 5.57 Å². The van der Waals surface area contributed by atoms with Crippen LogP contribution >= 0.6 is 0 Å². The Morgan fingerprint density at radius 1 is 1.12 bits per heavy atom. The number of benzene rings is 1. The lowest BCUT2D eigenvalue weighted by atomic mass is 9.75. The number of fused-ring (bicyclic) bond motifs is 3. The van der Waals surface area contributed by atoms with E-state index >= 15 is 0 Å². The largest absolute Gasteiger partial charge is 0.425 e. The fraction of sp³-hybridized carbons (Fsp3) is 0.0714. The summed E-state index contributed by atoms with van der Waals surface area (Å²) in [5, 5.41) is 0. The lowest BCUT2D eigenvalue weighted by molar-refractivity contribution is -0.137. The third-order valence-corrected chi connectivity index (χ3v) is 3.61. The minimum atomic E-state index is -1.06. The van der Waals surface area contributed by atoms with Crippen molar-refractivity contribution in [2.24, 2.45) is 0 Å². The van der Waals surface area contributed by atoms with Crippen LogP contribution in [0.5, 0.6) is 5.75 Å². The molecule has 0 saturated carbocycles. The Morgan fingerprint density at radius 2 is 1.88 bits per heavy atom. The molecule has 0 N–H and O–H groups in total. The van der Waals surface area contributed by atoms with Crippen LogP contribution in [0.2, 0.25) is 0 Å². The molecule has 4 bridgehead atoms. The fourth-order valence-electron chi connectivity index (χ4n) is 2.83. The van der Waals surface area contributed by atoms with Gasteiger partial charge in [-0.3, -0.25) is 0 Å². The molecule has 0 amide bonds. The zero-order valence-electron chi connectivity index (χ0n) is 8.74. The van der Waals surface area contributed by atoms with Crippen LogP contribution in [0.15, 0.2) is 59.5 Å². The van der Waals surface area contributed by atoms with Crippen LogP contribution in [-0.4, -0.2) is 5.97 Å². The van der Waals surface area contributed by atoms with E-state index in [1.807, 2.05) is 12.1 Å². The van der Waals surface area contributed by atoms with Gasteiger partial charge in [-0.05, 0) is 29.3 Å². The number of carbonyl (C=O) groups is 1. The van der Waals surface area contributed by atoms with E-state index in [2.05, 4.69) is 0 Å². The number of hydrogen-bond acceptors (Lipinski definition) is 2. The standard InChI is InChI=1S/C14H7FO2/c15-12-7-9-3-6-11(12)14(9)8-1-4-10(5-2-8)17-13(14)16/h1-7H. The lowest BCUT2D eigenvalue weighted by Gasteiger charge is -2.25. The van der Waals surface area contributed by atoms with Crippen molar-refractivity contribution in [2.45, 2.75) is 5.41 Å². The second-order valence-electron chi connectivity index (χ2n) is 4.36. The Hall–Kier alpha value is -2.16. The second-order valence-corrected chi connectivity index (χ2v) is 4.36. The summed E-state index contributed by atoms with van der Waals surface area (Å²) in [6, 6.07) is 7.11. The Morgan fingerprint density at radius 3 is 2.47 bits per heavy atom. The predicted molar refractivity (Wildman–Crippen MR) is 59.1 cm³/mol. The van der Waals surface area contributed by atoms with Crippen LogP contribution in [0, 0.1) is 0 Å². The monoisotopic (exact) mass is 226 g/mol. The Kier molecular flexibility index (Phi) is 1.35. The summed E-state index contributed by atoms with van der Waals surface area (Å²) in [5.74, 6) is -0.260. The van der Waals surface area contributed by atoms with E-state index in [1.54, 1.807) is 24.3 Å². The predicted octanol–water partition coefficient (Wildman–Crippen LogP) is 2.58. The van der Waals surface area contributed by atoms with Gasteiger partial charge in [-0.25, -0.2) is 9.18 Å². The maximum absolute atomic E-state index is 13.8. The zero-order valence-corrected chi connectivity index (χ0v) is 8.74. The molecule has 2 aliphatic heterocycles.